The summed E-state index contributed by atoms with van der Waals surface area (Å²) in [4.78, 5) is 0. The van der Waals surface area contributed by atoms with E-state index in [2.05, 4.69) is 171 Å². The van der Waals surface area contributed by atoms with E-state index in [9.17, 15) is 0 Å². The summed E-state index contributed by atoms with van der Waals surface area (Å²) in [5, 5.41) is 0. The highest BCUT2D eigenvalue weighted by molar-refractivity contribution is 7.80. The van der Waals surface area contributed by atoms with E-state index in [-0.39, 0.29) is 0 Å². The minimum Gasteiger partial charge on any atom is -0.492 e. The summed E-state index contributed by atoms with van der Waals surface area (Å²) in [7, 11) is 0. The molecule has 0 amide bonds. The van der Waals surface area contributed by atoms with E-state index in [1.807, 2.05) is 0 Å². The van der Waals surface area contributed by atoms with Crippen LogP contribution in [0.15, 0.2) is 146 Å². The molecule has 6 aromatic rings. The molecule has 234 valence electrons. The van der Waals surface area contributed by atoms with Gasteiger partial charge in [-0.3, -0.25) is 0 Å². The van der Waals surface area contributed by atoms with E-state index < -0.39 is 5.41 Å². The fourth-order valence-corrected chi connectivity index (χ4v) is 7.33. The highest BCUT2D eigenvalue weighted by Crippen LogP contribution is 2.56. The van der Waals surface area contributed by atoms with Crippen molar-refractivity contribution in [1.82, 2.24) is 0 Å². The summed E-state index contributed by atoms with van der Waals surface area (Å²) in [6.45, 7) is 1.11. The van der Waals surface area contributed by atoms with Gasteiger partial charge in [0.05, 0.1) is 18.6 Å². The number of rotatable bonds is 12. The number of thiol groups is 2. The Morgan fingerprint density at radius 3 is 1.28 bits per heavy atom. The van der Waals surface area contributed by atoms with Crippen molar-refractivity contribution in [2.24, 2.45) is 0 Å². The zero-order chi connectivity index (χ0) is 32.1. The van der Waals surface area contributed by atoms with E-state index in [1.165, 1.54) is 44.5 Å². The lowest BCUT2D eigenvalue weighted by Crippen LogP contribution is -2.29. The summed E-state index contributed by atoms with van der Waals surface area (Å²) in [5.41, 5.74) is 11.8. The van der Waals surface area contributed by atoms with Gasteiger partial charge in [0, 0.05) is 24.3 Å². The van der Waals surface area contributed by atoms with Gasteiger partial charge in [0.15, 0.2) is 0 Å². The maximum atomic E-state index is 6.29. The third kappa shape index (κ3) is 6.08. The molecule has 1 aliphatic rings. The largest absolute Gasteiger partial charge is 0.492 e. The molecule has 0 saturated carbocycles. The van der Waals surface area contributed by atoms with E-state index >= 15 is 0 Å². The summed E-state index contributed by atoms with van der Waals surface area (Å²) in [6, 6.07) is 52.7. The van der Waals surface area contributed by atoms with Crippen LogP contribution in [0.5, 0.6) is 11.5 Å². The lowest BCUT2D eigenvalue weighted by atomic mass is 9.67. The molecule has 0 radical (unpaired) electrons. The zero-order valence-corrected chi connectivity index (χ0v) is 28.1. The maximum absolute atomic E-state index is 6.29. The third-order valence-electron chi connectivity index (χ3n) is 9.11. The Bertz CT molecular complexity index is 1830. The maximum Gasteiger partial charge on any atom is 0.122 e. The van der Waals surface area contributed by atoms with E-state index in [4.69, 9.17) is 9.47 Å². The molecule has 47 heavy (non-hydrogen) atoms. The quantitative estimate of drug-likeness (QED) is 0.128. The van der Waals surface area contributed by atoms with Crippen LogP contribution >= 0.6 is 25.3 Å². The van der Waals surface area contributed by atoms with Crippen molar-refractivity contribution in [3.8, 4) is 22.6 Å². The van der Waals surface area contributed by atoms with Crippen molar-refractivity contribution in [3.05, 3.63) is 190 Å². The predicted octanol–water partition coefficient (Wildman–Crippen LogP) is 9.85. The van der Waals surface area contributed by atoms with Crippen molar-refractivity contribution in [3.63, 3.8) is 0 Å². The van der Waals surface area contributed by atoms with Gasteiger partial charge in [-0.25, -0.2) is 0 Å². The molecule has 0 aromatic heterocycles. The first-order valence-electron chi connectivity index (χ1n) is 16.2. The van der Waals surface area contributed by atoms with Crippen LogP contribution in [0.1, 0.15) is 44.5 Å². The zero-order valence-electron chi connectivity index (χ0n) is 26.3. The van der Waals surface area contributed by atoms with E-state index in [0.717, 1.165) is 35.5 Å². The average molecular weight is 651 g/mol. The second kappa shape index (κ2) is 14.2. The first-order chi connectivity index (χ1) is 23.2. The van der Waals surface area contributed by atoms with Gasteiger partial charge in [-0.2, -0.15) is 25.3 Å². The van der Waals surface area contributed by atoms with Gasteiger partial charge < -0.3 is 9.47 Å². The first kappa shape index (κ1) is 31.2. The Hall–Kier alpha value is -4.38. The summed E-state index contributed by atoms with van der Waals surface area (Å²) in [5.74, 6) is 3.12. The summed E-state index contributed by atoms with van der Waals surface area (Å²) >= 11 is 8.87. The first-order valence-corrected chi connectivity index (χ1v) is 17.5. The molecule has 6 aromatic carbocycles. The van der Waals surface area contributed by atoms with Crippen LogP contribution in [-0.2, 0) is 18.3 Å². The molecular formula is C43H38O2S2. The molecule has 0 aliphatic heterocycles. The minimum atomic E-state index is -0.547. The third-order valence-corrected chi connectivity index (χ3v) is 9.48. The van der Waals surface area contributed by atoms with Crippen LogP contribution in [0.2, 0.25) is 0 Å². The lowest BCUT2D eigenvalue weighted by Gasteiger charge is -2.35. The van der Waals surface area contributed by atoms with Crippen LogP contribution in [0.4, 0.5) is 0 Å². The number of benzene rings is 6. The van der Waals surface area contributed by atoms with Gasteiger partial charge in [-0.1, -0.05) is 133 Å². The molecule has 0 spiro atoms. The SMILES string of the molecule is SCCOc1ccc(C2(c3ccc(OCCS)c(Cc4ccccc4)c3)c3ccccc3-c3ccccc32)cc1Cc1ccccc1. The van der Waals surface area contributed by atoms with Crippen molar-refractivity contribution < 1.29 is 9.47 Å². The monoisotopic (exact) mass is 650 g/mol. The molecule has 0 atom stereocenters. The Balaban J connectivity index is 1.48. The predicted molar refractivity (Wildman–Crippen MR) is 201 cm³/mol. The van der Waals surface area contributed by atoms with Crippen LogP contribution in [-0.4, -0.2) is 24.7 Å². The molecule has 0 unspecified atom stereocenters. The fourth-order valence-electron chi connectivity index (χ4n) is 7.15. The standard InChI is InChI=1S/C43H38O2S2/c46-25-23-44-41-21-19-35(29-33(41)27-31-11-3-1-4-12-31)43(39-17-9-7-15-37(39)38-16-8-10-18-40(38)43)36-20-22-42(45-24-26-47)34(30-36)28-32-13-5-2-6-14-32/h1-22,29-30,46-47H,23-28H2. The van der Waals surface area contributed by atoms with Crippen molar-refractivity contribution >= 4 is 25.3 Å². The highest BCUT2D eigenvalue weighted by Gasteiger charge is 2.46. The van der Waals surface area contributed by atoms with Crippen molar-refractivity contribution in [1.29, 1.82) is 0 Å². The number of ether oxygens (including phenoxy) is 2. The van der Waals surface area contributed by atoms with Gasteiger partial charge >= 0.3 is 0 Å². The number of hydrogen-bond donors (Lipinski definition) is 2. The number of fused-ring (bicyclic) bond motifs is 3. The Labute approximate surface area is 289 Å². The van der Waals surface area contributed by atoms with Crippen LogP contribution < -0.4 is 9.47 Å². The molecule has 4 heteroatoms. The summed E-state index contributed by atoms with van der Waals surface area (Å²) < 4.78 is 12.6. The Kier molecular flexibility index (Phi) is 9.41. The van der Waals surface area contributed by atoms with Crippen LogP contribution in [0.3, 0.4) is 0 Å². The molecule has 0 heterocycles. The van der Waals surface area contributed by atoms with Gasteiger partial charge in [-0.05, 0) is 67.8 Å². The van der Waals surface area contributed by atoms with Crippen LogP contribution in [0.25, 0.3) is 11.1 Å². The second-order valence-electron chi connectivity index (χ2n) is 12.0. The smallest absolute Gasteiger partial charge is 0.122 e. The second-order valence-corrected chi connectivity index (χ2v) is 12.8. The van der Waals surface area contributed by atoms with Crippen molar-refractivity contribution in [2.45, 2.75) is 18.3 Å². The molecule has 0 N–H and O–H groups in total. The molecule has 0 bridgehead atoms. The van der Waals surface area contributed by atoms with Gasteiger partial charge in [-0.15, -0.1) is 0 Å². The minimum absolute atomic E-state index is 0.547. The Morgan fingerprint density at radius 2 is 0.851 bits per heavy atom. The highest BCUT2D eigenvalue weighted by atomic mass is 32.1. The van der Waals surface area contributed by atoms with Gasteiger partial charge in [0.25, 0.3) is 0 Å². The average Bonchev–Trinajstić information content (AvgIpc) is 3.42. The van der Waals surface area contributed by atoms with E-state index in [1.54, 1.807) is 0 Å². The molecule has 0 saturated heterocycles. The molecule has 7 rings (SSSR count). The molecule has 0 fully saturated rings. The topological polar surface area (TPSA) is 18.5 Å². The van der Waals surface area contributed by atoms with Crippen LogP contribution in [0, 0.1) is 0 Å². The van der Waals surface area contributed by atoms with Gasteiger partial charge in [0.1, 0.15) is 11.5 Å². The van der Waals surface area contributed by atoms with Gasteiger partial charge in [0.2, 0.25) is 0 Å². The molecular weight excluding hydrogens is 613 g/mol. The number of hydrogen-bond acceptors (Lipinski definition) is 4. The molecule has 2 nitrogen and oxygen atoms in total. The summed E-state index contributed by atoms with van der Waals surface area (Å²) in [6.07, 6.45) is 1.54. The van der Waals surface area contributed by atoms with Crippen molar-refractivity contribution in [2.75, 3.05) is 24.7 Å². The normalized spacial score (nSPS) is 12.7. The Morgan fingerprint density at radius 1 is 0.447 bits per heavy atom. The fraction of sp³-hybridized carbons (Fsp3) is 0.163. The lowest BCUT2D eigenvalue weighted by molar-refractivity contribution is 0.341. The molecule has 1 aliphatic carbocycles. The van der Waals surface area contributed by atoms with E-state index in [0.29, 0.717) is 24.7 Å².